The highest BCUT2D eigenvalue weighted by atomic mass is 16.4. The lowest BCUT2D eigenvalue weighted by Gasteiger charge is -2.03. The number of hydrogen-bond acceptors (Lipinski definition) is 4. The van der Waals surface area contributed by atoms with Crippen LogP contribution in [0.5, 0.6) is 0 Å². The first-order chi connectivity index (χ1) is 11.7. The van der Waals surface area contributed by atoms with Gasteiger partial charge in [-0.05, 0) is 24.1 Å². The average Bonchev–Trinajstić information content (AvgIpc) is 3.05. The zero-order valence-corrected chi connectivity index (χ0v) is 13.5. The largest absolute Gasteiger partial charge is 0.421 e. The quantitative estimate of drug-likeness (QED) is 0.758. The summed E-state index contributed by atoms with van der Waals surface area (Å²) in [6.45, 7) is 2.48. The maximum absolute atomic E-state index is 11.9. The van der Waals surface area contributed by atoms with E-state index in [4.69, 9.17) is 4.42 Å². The molecule has 1 heterocycles. The molecule has 24 heavy (non-hydrogen) atoms. The van der Waals surface area contributed by atoms with Gasteiger partial charge >= 0.3 is 0 Å². The van der Waals surface area contributed by atoms with Gasteiger partial charge in [0, 0.05) is 18.5 Å². The topological polar surface area (TPSA) is 68.0 Å². The van der Waals surface area contributed by atoms with Crippen LogP contribution in [0.2, 0.25) is 0 Å². The van der Waals surface area contributed by atoms with Gasteiger partial charge in [0.25, 0.3) is 0 Å². The van der Waals surface area contributed by atoms with Crippen LogP contribution in [-0.4, -0.2) is 22.6 Å². The minimum atomic E-state index is -0.0140. The van der Waals surface area contributed by atoms with E-state index in [-0.39, 0.29) is 5.91 Å². The zero-order chi connectivity index (χ0) is 16.8. The molecule has 0 radical (unpaired) electrons. The van der Waals surface area contributed by atoms with Crippen LogP contribution >= 0.6 is 0 Å². The summed E-state index contributed by atoms with van der Waals surface area (Å²) in [5.41, 5.74) is 3.02. The van der Waals surface area contributed by atoms with Crippen molar-refractivity contribution in [2.45, 2.75) is 19.8 Å². The molecule has 5 nitrogen and oxygen atoms in total. The van der Waals surface area contributed by atoms with Crippen LogP contribution < -0.4 is 5.32 Å². The lowest BCUT2D eigenvalue weighted by Crippen LogP contribution is -2.27. The van der Waals surface area contributed by atoms with Crippen LogP contribution in [0.4, 0.5) is 0 Å². The van der Waals surface area contributed by atoms with Gasteiger partial charge in [0.2, 0.25) is 17.7 Å². The first-order valence-corrected chi connectivity index (χ1v) is 7.91. The van der Waals surface area contributed by atoms with E-state index in [1.807, 2.05) is 61.5 Å². The molecule has 1 N–H and O–H groups in total. The lowest BCUT2D eigenvalue weighted by molar-refractivity contribution is -0.120. The first-order valence-electron chi connectivity index (χ1n) is 7.91. The van der Waals surface area contributed by atoms with Crippen molar-refractivity contribution in [2.24, 2.45) is 0 Å². The fourth-order valence-electron chi connectivity index (χ4n) is 2.43. The fraction of sp³-hybridized carbons (Fsp3) is 0.211. The standard InChI is InChI=1S/C19H19N3O2/c1-14-7-5-6-10-16(14)19-22-21-18(24-19)11-12-20-17(23)13-15-8-3-2-4-9-15/h2-10H,11-13H2,1H3,(H,20,23). The summed E-state index contributed by atoms with van der Waals surface area (Å²) in [5.74, 6) is 1.02. The number of rotatable bonds is 6. The minimum absolute atomic E-state index is 0.0140. The Bertz CT molecular complexity index is 812. The molecule has 0 aliphatic carbocycles. The van der Waals surface area contributed by atoms with Gasteiger partial charge in [0.1, 0.15) is 0 Å². The van der Waals surface area contributed by atoms with E-state index in [1.165, 1.54) is 0 Å². The SMILES string of the molecule is Cc1ccccc1-c1nnc(CCNC(=O)Cc2ccccc2)o1. The smallest absolute Gasteiger partial charge is 0.247 e. The van der Waals surface area contributed by atoms with E-state index in [9.17, 15) is 4.79 Å². The van der Waals surface area contributed by atoms with Gasteiger partial charge in [-0.1, -0.05) is 48.5 Å². The Hall–Kier alpha value is -2.95. The highest BCUT2D eigenvalue weighted by molar-refractivity contribution is 5.78. The third kappa shape index (κ3) is 4.07. The molecule has 0 atom stereocenters. The molecule has 122 valence electrons. The molecule has 3 rings (SSSR count). The molecule has 0 unspecified atom stereocenters. The van der Waals surface area contributed by atoms with Gasteiger partial charge in [0.15, 0.2) is 0 Å². The van der Waals surface area contributed by atoms with Crippen LogP contribution in [0.3, 0.4) is 0 Å². The van der Waals surface area contributed by atoms with Gasteiger partial charge < -0.3 is 9.73 Å². The Morgan fingerprint density at radius 3 is 2.58 bits per heavy atom. The number of nitrogens with zero attached hydrogens (tertiary/aromatic N) is 2. The van der Waals surface area contributed by atoms with E-state index in [0.717, 1.165) is 16.7 Å². The Balaban J connectivity index is 1.51. The number of nitrogens with one attached hydrogen (secondary N) is 1. The van der Waals surface area contributed by atoms with Crippen molar-refractivity contribution in [2.75, 3.05) is 6.54 Å². The van der Waals surface area contributed by atoms with E-state index < -0.39 is 0 Å². The Labute approximate surface area is 140 Å². The van der Waals surface area contributed by atoms with Crippen molar-refractivity contribution in [3.05, 3.63) is 71.6 Å². The summed E-state index contributed by atoms with van der Waals surface area (Å²) >= 11 is 0. The summed E-state index contributed by atoms with van der Waals surface area (Å²) in [7, 11) is 0. The third-order valence-corrected chi connectivity index (χ3v) is 3.71. The van der Waals surface area contributed by atoms with Gasteiger partial charge in [-0.2, -0.15) is 0 Å². The molecular formula is C19H19N3O2. The Kier molecular flexibility index (Phi) is 5.01. The van der Waals surface area contributed by atoms with Gasteiger partial charge in [-0.15, -0.1) is 10.2 Å². The second-order valence-electron chi connectivity index (χ2n) is 5.58. The molecule has 5 heteroatoms. The fourth-order valence-corrected chi connectivity index (χ4v) is 2.43. The van der Waals surface area contributed by atoms with Gasteiger partial charge in [0.05, 0.1) is 6.42 Å². The van der Waals surface area contributed by atoms with Crippen LogP contribution in [0.1, 0.15) is 17.0 Å². The maximum Gasteiger partial charge on any atom is 0.247 e. The zero-order valence-electron chi connectivity index (χ0n) is 13.5. The van der Waals surface area contributed by atoms with Crippen LogP contribution in [-0.2, 0) is 17.6 Å². The predicted octanol–water partition coefficient (Wildman–Crippen LogP) is 2.95. The van der Waals surface area contributed by atoms with Gasteiger partial charge in [-0.3, -0.25) is 4.79 Å². The normalized spacial score (nSPS) is 10.5. The second-order valence-corrected chi connectivity index (χ2v) is 5.58. The average molecular weight is 321 g/mol. The number of aromatic nitrogens is 2. The molecule has 2 aromatic carbocycles. The lowest BCUT2D eigenvalue weighted by atomic mass is 10.1. The molecule has 1 aromatic heterocycles. The Morgan fingerprint density at radius 2 is 1.79 bits per heavy atom. The van der Waals surface area contributed by atoms with E-state index in [1.54, 1.807) is 0 Å². The van der Waals surface area contributed by atoms with Crippen LogP contribution in [0.15, 0.2) is 59.0 Å². The van der Waals surface area contributed by atoms with Crippen molar-refractivity contribution in [3.8, 4) is 11.5 Å². The molecule has 0 spiro atoms. The van der Waals surface area contributed by atoms with Gasteiger partial charge in [-0.25, -0.2) is 0 Å². The summed E-state index contributed by atoms with van der Waals surface area (Å²) in [6, 6.07) is 17.5. The third-order valence-electron chi connectivity index (χ3n) is 3.71. The molecule has 0 bridgehead atoms. The number of aryl methyl sites for hydroxylation is 1. The van der Waals surface area contributed by atoms with Crippen molar-refractivity contribution in [1.82, 2.24) is 15.5 Å². The molecule has 1 amide bonds. The molecule has 3 aromatic rings. The van der Waals surface area contributed by atoms with Crippen molar-refractivity contribution < 1.29 is 9.21 Å². The summed E-state index contributed by atoms with van der Waals surface area (Å²) in [6.07, 6.45) is 0.887. The number of carbonyl (C=O) groups excluding carboxylic acids is 1. The highest BCUT2D eigenvalue weighted by Crippen LogP contribution is 2.21. The predicted molar refractivity (Wildman–Crippen MR) is 91.3 cm³/mol. The minimum Gasteiger partial charge on any atom is -0.421 e. The summed E-state index contributed by atoms with van der Waals surface area (Å²) in [5, 5.41) is 11.0. The molecule has 0 aliphatic rings. The van der Waals surface area contributed by atoms with Crippen LogP contribution in [0.25, 0.3) is 11.5 Å². The number of hydrogen-bond donors (Lipinski definition) is 1. The van der Waals surface area contributed by atoms with Crippen LogP contribution in [0, 0.1) is 6.92 Å². The molecular weight excluding hydrogens is 302 g/mol. The first kappa shape index (κ1) is 15.9. The van der Waals surface area contributed by atoms with E-state index >= 15 is 0 Å². The number of carbonyl (C=O) groups is 1. The van der Waals surface area contributed by atoms with Crippen molar-refractivity contribution in [3.63, 3.8) is 0 Å². The van der Waals surface area contributed by atoms with E-state index in [2.05, 4.69) is 15.5 Å². The molecule has 0 saturated heterocycles. The van der Waals surface area contributed by atoms with E-state index in [0.29, 0.717) is 31.2 Å². The summed E-state index contributed by atoms with van der Waals surface area (Å²) in [4.78, 5) is 11.9. The Morgan fingerprint density at radius 1 is 1.04 bits per heavy atom. The number of benzene rings is 2. The monoisotopic (exact) mass is 321 g/mol. The molecule has 0 fully saturated rings. The van der Waals surface area contributed by atoms with Crippen molar-refractivity contribution >= 4 is 5.91 Å². The molecule has 0 saturated carbocycles. The second kappa shape index (κ2) is 7.55. The summed E-state index contributed by atoms with van der Waals surface area (Å²) < 4.78 is 5.68. The number of amides is 1. The maximum atomic E-state index is 11.9. The van der Waals surface area contributed by atoms with Crippen molar-refractivity contribution in [1.29, 1.82) is 0 Å². The highest BCUT2D eigenvalue weighted by Gasteiger charge is 2.10. The molecule has 0 aliphatic heterocycles.